The predicted octanol–water partition coefficient (Wildman–Crippen LogP) is 1.87. The Hall–Kier alpha value is -0.870. The Balaban J connectivity index is 1.77. The molecule has 0 bridgehead atoms. The molecule has 0 radical (unpaired) electrons. The summed E-state index contributed by atoms with van der Waals surface area (Å²) in [6, 6.07) is 3.38. The van der Waals surface area contributed by atoms with E-state index in [0.717, 1.165) is 26.2 Å². The van der Waals surface area contributed by atoms with Gasteiger partial charge in [0.1, 0.15) is 5.82 Å². The fourth-order valence-corrected chi connectivity index (χ4v) is 3.10. The van der Waals surface area contributed by atoms with Gasteiger partial charge in [0.25, 0.3) is 0 Å². The number of nitrogens with zero attached hydrogens (tertiary/aromatic N) is 3. The number of likely N-dealkylation sites (tertiary alicyclic amines) is 1. The monoisotopic (exact) mass is 255 g/mol. The number of anilines is 1. The van der Waals surface area contributed by atoms with Gasteiger partial charge >= 0.3 is 0 Å². The molecule has 1 aromatic rings. The average molecular weight is 256 g/mol. The van der Waals surface area contributed by atoms with Crippen LogP contribution in [0.2, 0.25) is 5.02 Å². The van der Waals surface area contributed by atoms with Crippen molar-refractivity contribution < 1.29 is 4.39 Å². The number of halogens is 2. The van der Waals surface area contributed by atoms with Crippen LogP contribution in [0.5, 0.6) is 0 Å². The molecule has 0 saturated carbocycles. The van der Waals surface area contributed by atoms with Gasteiger partial charge in [0.05, 0.1) is 5.02 Å². The summed E-state index contributed by atoms with van der Waals surface area (Å²) in [6.45, 7) is 4.22. The van der Waals surface area contributed by atoms with Crippen LogP contribution in [-0.2, 0) is 0 Å². The third-order valence-corrected chi connectivity index (χ3v) is 4.06. The first kappa shape index (κ1) is 11.2. The first-order valence-electron chi connectivity index (χ1n) is 5.89. The minimum atomic E-state index is -0.571. The molecule has 17 heavy (non-hydrogen) atoms. The molecule has 2 aliphatic rings. The molecule has 1 aromatic heterocycles. The lowest BCUT2D eigenvalue weighted by molar-refractivity contribution is 0.386. The van der Waals surface area contributed by atoms with Crippen molar-refractivity contribution in [2.75, 3.05) is 38.1 Å². The minimum absolute atomic E-state index is 0.0906. The molecular weight excluding hydrogens is 241 g/mol. The largest absolute Gasteiger partial charge is 0.356 e. The van der Waals surface area contributed by atoms with Crippen LogP contribution in [-0.4, -0.2) is 43.1 Å². The van der Waals surface area contributed by atoms with Crippen molar-refractivity contribution in [1.82, 2.24) is 9.88 Å². The number of hydrogen-bond acceptors (Lipinski definition) is 3. The second-order valence-electron chi connectivity index (χ2n) is 5.09. The first-order chi connectivity index (χ1) is 8.13. The maximum atomic E-state index is 13.3. The number of hydrogen-bond donors (Lipinski definition) is 0. The highest BCUT2D eigenvalue weighted by Gasteiger charge is 2.39. The summed E-state index contributed by atoms with van der Waals surface area (Å²) in [5.41, 5.74) is 0. The molecule has 0 aromatic carbocycles. The molecule has 5 heteroatoms. The van der Waals surface area contributed by atoms with Gasteiger partial charge in [-0.15, -0.1) is 0 Å². The third-order valence-electron chi connectivity index (χ3n) is 3.78. The van der Waals surface area contributed by atoms with Gasteiger partial charge in [0.15, 0.2) is 0 Å². The third kappa shape index (κ3) is 2.00. The predicted molar refractivity (Wildman–Crippen MR) is 65.9 cm³/mol. The highest BCUT2D eigenvalue weighted by atomic mass is 35.5. The van der Waals surface area contributed by atoms with Crippen LogP contribution in [0.3, 0.4) is 0 Å². The molecule has 2 unspecified atom stereocenters. The number of fused-ring (bicyclic) bond motifs is 1. The van der Waals surface area contributed by atoms with Crippen LogP contribution >= 0.6 is 11.6 Å². The lowest BCUT2D eigenvalue weighted by atomic mass is 10.0. The van der Waals surface area contributed by atoms with Crippen LogP contribution in [0.1, 0.15) is 0 Å². The zero-order valence-corrected chi connectivity index (χ0v) is 10.5. The summed E-state index contributed by atoms with van der Waals surface area (Å²) >= 11 is 5.64. The Morgan fingerprint density at radius 1 is 1.24 bits per heavy atom. The number of aromatic nitrogens is 1. The molecule has 2 saturated heterocycles. The molecule has 2 atom stereocenters. The van der Waals surface area contributed by atoms with Gasteiger partial charge in [0.2, 0.25) is 5.95 Å². The second-order valence-corrected chi connectivity index (χ2v) is 5.50. The Morgan fingerprint density at radius 2 is 1.88 bits per heavy atom. The average Bonchev–Trinajstić information content (AvgIpc) is 2.79. The molecule has 2 fully saturated rings. The van der Waals surface area contributed by atoms with Crippen molar-refractivity contribution in [3.05, 3.63) is 23.1 Å². The maximum absolute atomic E-state index is 13.3. The highest BCUT2D eigenvalue weighted by Crippen LogP contribution is 2.32. The second kappa shape index (κ2) is 4.10. The molecule has 0 amide bonds. The summed E-state index contributed by atoms with van der Waals surface area (Å²) < 4.78 is 13.3. The highest BCUT2D eigenvalue weighted by molar-refractivity contribution is 6.30. The van der Waals surface area contributed by atoms with Crippen LogP contribution in [0.4, 0.5) is 10.2 Å². The molecule has 3 nitrogen and oxygen atoms in total. The number of pyridine rings is 1. The molecule has 2 aliphatic heterocycles. The van der Waals surface area contributed by atoms with Crippen molar-refractivity contribution in [2.45, 2.75) is 0 Å². The number of rotatable bonds is 1. The van der Waals surface area contributed by atoms with E-state index in [1.54, 1.807) is 12.1 Å². The SMILES string of the molecule is CN1CC2CN(c3ccc(Cl)c(F)n3)CC2C1. The normalized spacial score (nSPS) is 28.8. The van der Waals surface area contributed by atoms with Crippen LogP contribution in [0.15, 0.2) is 12.1 Å². The van der Waals surface area contributed by atoms with E-state index in [1.807, 2.05) is 0 Å². The summed E-state index contributed by atoms with van der Waals surface area (Å²) in [5.74, 6) is 1.53. The Labute approximate surface area is 105 Å². The fourth-order valence-electron chi connectivity index (χ4n) is 3.00. The fraction of sp³-hybridized carbons (Fsp3) is 0.583. The van der Waals surface area contributed by atoms with Gasteiger partial charge in [-0.05, 0) is 31.0 Å². The Kier molecular flexibility index (Phi) is 2.71. The Morgan fingerprint density at radius 3 is 2.47 bits per heavy atom. The van der Waals surface area contributed by atoms with E-state index in [4.69, 9.17) is 11.6 Å². The minimum Gasteiger partial charge on any atom is -0.356 e. The molecule has 3 rings (SSSR count). The van der Waals surface area contributed by atoms with Gasteiger partial charge < -0.3 is 9.80 Å². The molecule has 92 valence electrons. The lowest BCUT2D eigenvalue weighted by Gasteiger charge is -2.20. The van der Waals surface area contributed by atoms with Gasteiger partial charge in [0, 0.05) is 26.2 Å². The van der Waals surface area contributed by atoms with Crippen molar-refractivity contribution >= 4 is 17.4 Å². The topological polar surface area (TPSA) is 19.4 Å². The molecule has 0 aliphatic carbocycles. The van der Waals surface area contributed by atoms with Gasteiger partial charge in [-0.25, -0.2) is 4.98 Å². The van der Waals surface area contributed by atoms with Gasteiger partial charge in [-0.2, -0.15) is 4.39 Å². The lowest BCUT2D eigenvalue weighted by Crippen LogP contribution is -2.27. The maximum Gasteiger partial charge on any atom is 0.233 e. The van der Waals surface area contributed by atoms with E-state index in [-0.39, 0.29) is 5.02 Å². The summed E-state index contributed by atoms with van der Waals surface area (Å²) in [7, 11) is 2.16. The van der Waals surface area contributed by atoms with E-state index < -0.39 is 5.95 Å². The van der Waals surface area contributed by atoms with Gasteiger partial charge in [-0.1, -0.05) is 11.6 Å². The zero-order chi connectivity index (χ0) is 12.0. The van der Waals surface area contributed by atoms with E-state index >= 15 is 0 Å². The van der Waals surface area contributed by atoms with Crippen molar-refractivity contribution in [1.29, 1.82) is 0 Å². The van der Waals surface area contributed by atoms with E-state index in [2.05, 4.69) is 21.8 Å². The van der Waals surface area contributed by atoms with Crippen molar-refractivity contribution in [3.8, 4) is 0 Å². The zero-order valence-electron chi connectivity index (χ0n) is 9.74. The Bertz CT molecular complexity index is 426. The van der Waals surface area contributed by atoms with Crippen LogP contribution in [0.25, 0.3) is 0 Å². The molecule has 3 heterocycles. The van der Waals surface area contributed by atoms with E-state index in [9.17, 15) is 4.39 Å². The molecule has 0 N–H and O–H groups in total. The smallest absolute Gasteiger partial charge is 0.233 e. The van der Waals surface area contributed by atoms with Crippen molar-refractivity contribution in [2.24, 2.45) is 11.8 Å². The first-order valence-corrected chi connectivity index (χ1v) is 6.27. The van der Waals surface area contributed by atoms with Crippen molar-refractivity contribution in [3.63, 3.8) is 0 Å². The summed E-state index contributed by atoms with van der Waals surface area (Å²) in [6.07, 6.45) is 0. The molecule has 0 spiro atoms. The van der Waals surface area contributed by atoms with Crippen LogP contribution < -0.4 is 4.90 Å². The van der Waals surface area contributed by atoms with E-state index in [1.165, 1.54) is 0 Å². The standard InChI is InChI=1S/C12H15ClFN3/c1-16-4-8-6-17(7-9(8)5-16)11-3-2-10(13)12(14)15-11/h2-3,8-9H,4-7H2,1H3. The summed E-state index contributed by atoms with van der Waals surface area (Å²) in [5, 5.41) is 0.0906. The van der Waals surface area contributed by atoms with E-state index in [0.29, 0.717) is 17.7 Å². The quantitative estimate of drug-likeness (QED) is 0.715. The van der Waals surface area contributed by atoms with Gasteiger partial charge in [-0.3, -0.25) is 0 Å². The summed E-state index contributed by atoms with van der Waals surface area (Å²) in [4.78, 5) is 8.45. The van der Waals surface area contributed by atoms with Crippen LogP contribution in [0, 0.1) is 17.8 Å². The molecular formula is C12H15ClFN3.